The van der Waals surface area contributed by atoms with Gasteiger partial charge in [-0.05, 0) is 139 Å². The number of hydrogen-bond donors (Lipinski definition) is 0. The van der Waals surface area contributed by atoms with Gasteiger partial charge in [0.05, 0.1) is 11.4 Å². The first-order chi connectivity index (χ1) is 33.3. The maximum Gasteiger partial charge on any atom is 0.0508 e. The molecule has 0 aromatic heterocycles. The smallest absolute Gasteiger partial charge is 0.0508 e. The molecule has 0 bridgehead atoms. The second kappa shape index (κ2) is 16.3. The highest BCUT2D eigenvalue weighted by Crippen LogP contribution is 2.56. The summed E-state index contributed by atoms with van der Waals surface area (Å²) in [7, 11) is 0. The van der Waals surface area contributed by atoms with Crippen LogP contribution in [0, 0.1) is 0 Å². The van der Waals surface area contributed by atoms with Gasteiger partial charge in [0.15, 0.2) is 0 Å². The lowest BCUT2D eigenvalue weighted by Gasteiger charge is -2.32. The molecule has 68 heavy (non-hydrogen) atoms. The molecule has 10 aromatic carbocycles. The van der Waals surface area contributed by atoms with Gasteiger partial charge in [-0.15, -0.1) is 0 Å². The molecule has 0 saturated heterocycles. The Morgan fingerprint density at radius 2 is 0.500 bits per heavy atom. The van der Waals surface area contributed by atoms with Crippen LogP contribution < -0.4 is 9.80 Å². The van der Waals surface area contributed by atoms with E-state index in [1.165, 1.54) is 89.3 Å². The summed E-state index contributed by atoms with van der Waals surface area (Å²) in [5.41, 5.74) is 24.4. The molecule has 2 aliphatic rings. The Morgan fingerprint density at radius 1 is 0.235 bits per heavy atom. The van der Waals surface area contributed by atoms with Crippen molar-refractivity contribution in [3.05, 3.63) is 265 Å². The van der Waals surface area contributed by atoms with Gasteiger partial charge in [-0.2, -0.15) is 0 Å². The predicted octanol–water partition coefficient (Wildman–Crippen LogP) is 18.2. The Balaban J connectivity index is 0.929. The number of anilines is 6. The van der Waals surface area contributed by atoms with Crippen molar-refractivity contribution in [1.82, 2.24) is 0 Å². The number of rotatable bonds is 9. The van der Waals surface area contributed by atoms with E-state index in [1.807, 2.05) is 0 Å². The van der Waals surface area contributed by atoms with E-state index in [1.54, 1.807) is 0 Å². The number of nitrogens with zero attached hydrogens (tertiary/aromatic N) is 2. The molecule has 2 heteroatoms. The largest absolute Gasteiger partial charge is 0.310 e. The first-order valence-corrected chi connectivity index (χ1v) is 23.8. The molecule has 0 amide bonds. The van der Waals surface area contributed by atoms with Crippen LogP contribution in [-0.2, 0) is 10.8 Å². The minimum Gasteiger partial charge on any atom is -0.310 e. The fraction of sp³-hybridized carbons (Fsp3) is 0.0909. The Hall–Kier alpha value is -8.20. The van der Waals surface area contributed by atoms with Crippen LogP contribution in [0.25, 0.3) is 55.6 Å². The molecule has 0 unspecified atom stereocenters. The second-order valence-corrected chi connectivity index (χ2v) is 19.3. The zero-order chi connectivity index (χ0) is 46.0. The van der Waals surface area contributed by atoms with Gasteiger partial charge in [-0.1, -0.05) is 210 Å². The third-order valence-corrected chi connectivity index (χ3v) is 14.6. The minimum absolute atomic E-state index is 0.177. The molecular formula is C66H52N2. The van der Waals surface area contributed by atoms with Gasteiger partial charge < -0.3 is 9.80 Å². The van der Waals surface area contributed by atoms with Crippen LogP contribution in [0.4, 0.5) is 34.1 Å². The maximum atomic E-state index is 2.45. The topological polar surface area (TPSA) is 6.48 Å². The Kier molecular flexibility index (Phi) is 9.88. The molecule has 10 aromatic rings. The van der Waals surface area contributed by atoms with E-state index in [0.717, 1.165) is 22.7 Å². The molecule has 2 aliphatic carbocycles. The van der Waals surface area contributed by atoms with Crippen molar-refractivity contribution in [2.75, 3.05) is 9.80 Å². The first kappa shape index (κ1) is 41.2. The highest BCUT2D eigenvalue weighted by molar-refractivity contribution is 5.93. The summed E-state index contributed by atoms with van der Waals surface area (Å²) < 4.78 is 0. The van der Waals surface area contributed by atoms with Gasteiger partial charge in [0.1, 0.15) is 0 Å². The third-order valence-electron chi connectivity index (χ3n) is 14.6. The molecular weight excluding hydrogens is 821 g/mol. The summed E-state index contributed by atoms with van der Waals surface area (Å²) in [4.78, 5) is 4.90. The van der Waals surface area contributed by atoms with Gasteiger partial charge in [-0.3, -0.25) is 0 Å². The summed E-state index contributed by atoms with van der Waals surface area (Å²) >= 11 is 0. The monoisotopic (exact) mass is 872 g/mol. The molecule has 0 fully saturated rings. The SMILES string of the molecule is CC1(C)c2ccccc2-c2cccc(N(c3ccc(-c4ccccc4)cc3)c3ccc(-c4ccc(N(c5ccc(-c6ccccc6)cc5)c5cccc6c5C(C)(C)c5ccccc5-6)cc4)cc3)c21. The lowest BCUT2D eigenvalue weighted by atomic mass is 9.81. The van der Waals surface area contributed by atoms with E-state index < -0.39 is 0 Å². The van der Waals surface area contributed by atoms with Crippen LogP contribution in [0.5, 0.6) is 0 Å². The van der Waals surface area contributed by atoms with E-state index in [4.69, 9.17) is 0 Å². The molecule has 326 valence electrons. The third kappa shape index (κ3) is 6.78. The summed E-state index contributed by atoms with van der Waals surface area (Å²) in [5, 5.41) is 0. The average molecular weight is 873 g/mol. The van der Waals surface area contributed by atoms with E-state index in [-0.39, 0.29) is 10.8 Å². The van der Waals surface area contributed by atoms with Crippen molar-refractivity contribution < 1.29 is 0 Å². The number of fused-ring (bicyclic) bond motifs is 6. The Morgan fingerprint density at radius 3 is 0.824 bits per heavy atom. The van der Waals surface area contributed by atoms with E-state index in [9.17, 15) is 0 Å². The zero-order valence-corrected chi connectivity index (χ0v) is 39.0. The summed E-state index contributed by atoms with van der Waals surface area (Å²) in [6.07, 6.45) is 0. The van der Waals surface area contributed by atoms with E-state index in [2.05, 4.69) is 280 Å². The van der Waals surface area contributed by atoms with Crippen molar-refractivity contribution in [1.29, 1.82) is 0 Å². The summed E-state index contributed by atoms with van der Waals surface area (Å²) in [6.45, 7) is 9.49. The molecule has 0 spiro atoms. The zero-order valence-electron chi connectivity index (χ0n) is 39.0. The molecule has 0 heterocycles. The molecule has 2 nitrogen and oxygen atoms in total. The highest BCUT2D eigenvalue weighted by Gasteiger charge is 2.40. The predicted molar refractivity (Wildman–Crippen MR) is 287 cm³/mol. The maximum absolute atomic E-state index is 2.45. The lowest BCUT2D eigenvalue weighted by Crippen LogP contribution is -2.20. The van der Waals surface area contributed by atoms with Crippen LogP contribution in [-0.4, -0.2) is 0 Å². The first-order valence-electron chi connectivity index (χ1n) is 23.8. The summed E-state index contributed by atoms with van der Waals surface area (Å²) in [6, 6.07) is 89.1. The fourth-order valence-electron chi connectivity index (χ4n) is 11.3. The van der Waals surface area contributed by atoms with E-state index in [0.29, 0.717) is 0 Å². The molecule has 0 N–H and O–H groups in total. The van der Waals surface area contributed by atoms with Crippen molar-refractivity contribution in [3.8, 4) is 55.6 Å². The van der Waals surface area contributed by atoms with Gasteiger partial charge in [-0.25, -0.2) is 0 Å². The average Bonchev–Trinajstić information content (AvgIpc) is 3.78. The Labute approximate surface area is 401 Å². The lowest BCUT2D eigenvalue weighted by molar-refractivity contribution is 0.660. The molecule has 12 rings (SSSR count). The number of benzene rings is 10. The van der Waals surface area contributed by atoms with Crippen molar-refractivity contribution >= 4 is 34.1 Å². The van der Waals surface area contributed by atoms with E-state index >= 15 is 0 Å². The van der Waals surface area contributed by atoms with Crippen LogP contribution in [0.2, 0.25) is 0 Å². The molecule has 0 saturated carbocycles. The number of hydrogen-bond acceptors (Lipinski definition) is 2. The van der Waals surface area contributed by atoms with Crippen LogP contribution in [0.15, 0.2) is 243 Å². The van der Waals surface area contributed by atoms with Crippen molar-refractivity contribution in [2.24, 2.45) is 0 Å². The molecule has 0 atom stereocenters. The minimum atomic E-state index is -0.177. The van der Waals surface area contributed by atoms with Gasteiger partial charge >= 0.3 is 0 Å². The highest BCUT2D eigenvalue weighted by atomic mass is 15.2. The molecule has 0 radical (unpaired) electrons. The van der Waals surface area contributed by atoms with Crippen molar-refractivity contribution in [2.45, 2.75) is 38.5 Å². The normalized spacial score (nSPS) is 13.5. The quantitative estimate of drug-likeness (QED) is 0.143. The van der Waals surface area contributed by atoms with Crippen LogP contribution in [0.3, 0.4) is 0 Å². The second-order valence-electron chi connectivity index (χ2n) is 19.3. The van der Waals surface area contributed by atoms with Crippen LogP contribution >= 0.6 is 0 Å². The Bertz CT molecular complexity index is 3220. The standard InChI is InChI=1S/C66H52N2/c1-65(2)59-25-13-11-21-55(59)57-23-15-27-61(63(57)65)67(51-37-29-47(30-38-51)45-17-7-5-8-18-45)53-41-33-49(34-42-53)50-35-43-54(44-36-50)68(52-39-31-48(32-40-52)46-19-9-6-10-20-46)62-28-16-24-58-56-22-12-14-26-60(56)66(3,4)64(58)62/h5-44H,1-4H3. The van der Waals surface area contributed by atoms with Crippen LogP contribution in [0.1, 0.15) is 49.9 Å². The van der Waals surface area contributed by atoms with Gasteiger partial charge in [0.25, 0.3) is 0 Å². The molecule has 0 aliphatic heterocycles. The van der Waals surface area contributed by atoms with Crippen molar-refractivity contribution in [3.63, 3.8) is 0 Å². The van der Waals surface area contributed by atoms with Gasteiger partial charge in [0, 0.05) is 33.6 Å². The van der Waals surface area contributed by atoms with Gasteiger partial charge in [0.2, 0.25) is 0 Å². The fourth-order valence-corrected chi connectivity index (χ4v) is 11.3. The summed E-state index contributed by atoms with van der Waals surface area (Å²) in [5.74, 6) is 0.